The van der Waals surface area contributed by atoms with E-state index in [0.29, 0.717) is 18.4 Å². The summed E-state index contributed by atoms with van der Waals surface area (Å²) in [6, 6.07) is 0.702. The quantitative estimate of drug-likeness (QED) is 0.870. The second-order valence-electron chi connectivity index (χ2n) is 5.46. The number of hydrogen-bond donors (Lipinski definition) is 1. The third kappa shape index (κ3) is 2.84. The third-order valence-corrected chi connectivity index (χ3v) is 5.62. The zero-order valence-electron chi connectivity index (χ0n) is 12.4. The fourth-order valence-electron chi connectivity index (χ4n) is 2.76. The van der Waals surface area contributed by atoms with E-state index < -0.39 is 28.0 Å². The second kappa shape index (κ2) is 6.12. The Bertz CT molecular complexity index is 923. The number of halogens is 4. The molecule has 3 rings (SSSR count). The van der Waals surface area contributed by atoms with E-state index in [4.69, 9.17) is 16.3 Å². The lowest BCUT2D eigenvalue weighted by Gasteiger charge is -2.16. The zero-order valence-corrected chi connectivity index (χ0v) is 13.9. The first-order valence-electron chi connectivity index (χ1n) is 6.92. The highest BCUT2D eigenvalue weighted by Crippen LogP contribution is 2.44. The van der Waals surface area contributed by atoms with Crippen molar-refractivity contribution in [3.63, 3.8) is 0 Å². The number of benzene rings is 1. The van der Waals surface area contributed by atoms with Crippen molar-refractivity contribution in [3.8, 4) is 0 Å². The van der Waals surface area contributed by atoms with Crippen LogP contribution in [-0.2, 0) is 17.5 Å². The van der Waals surface area contributed by atoms with Gasteiger partial charge in [0, 0.05) is 25.3 Å². The number of ether oxygens (including phenoxy) is 1. The van der Waals surface area contributed by atoms with Crippen LogP contribution >= 0.6 is 23.4 Å². The minimum atomic E-state index is -4.70. The minimum absolute atomic E-state index is 0.100. The summed E-state index contributed by atoms with van der Waals surface area (Å²) in [4.78, 5) is 26.4. The van der Waals surface area contributed by atoms with E-state index in [-0.39, 0.29) is 28.3 Å². The lowest BCUT2D eigenvalue weighted by Crippen LogP contribution is -2.33. The van der Waals surface area contributed by atoms with Gasteiger partial charge in [-0.1, -0.05) is 11.6 Å². The molecule has 130 valence electrons. The van der Waals surface area contributed by atoms with Crippen LogP contribution in [0, 0.1) is 5.92 Å². The third-order valence-electron chi connectivity index (χ3n) is 3.79. The van der Waals surface area contributed by atoms with Gasteiger partial charge < -0.3 is 4.74 Å². The van der Waals surface area contributed by atoms with Crippen molar-refractivity contribution in [1.82, 2.24) is 9.55 Å². The van der Waals surface area contributed by atoms with Crippen molar-refractivity contribution in [2.75, 3.05) is 19.5 Å². The molecule has 24 heavy (non-hydrogen) atoms. The summed E-state index contributed by atoms with van der Waals surface area (Å²) in [5, 5.41) is -0.691. The lowest BCUT2D eigenvalue weighted by molar-refractivity contribution is -0.137. The van der Waals surface area contributed by atoms with E-state index in [2.05, 4.69) is 4.98 Å². The predicted octanol–water partition coefficient (Wildman–Crippen LogP) is 2.73. The molecule has 1 aliphatic heterocycles. The van der Waals surface area contributed by atoms with Crippen LogP contribution in [0.15, 0.2) is 20.6 Å². The van der Waals surface area contributed by atoms with Crippen molar-refractivity contribution < 1.29 is 17.9 Å². The van der Waals surface area contributed by atoms with Gasteiger partial charge in [-0.2, -0.15) is 13.2 Å². The molecule has 0 bridgehead atoms. The summed E-state index contributed by atoms with van der Waals surface area (Å²) in [5.41, 5.74) is -2.47. The summed E-state index contributed by atoms with van der Waals surface area (Å²) in [5.74, 6) is 0.309. The zero-order chi connectivity index (χ0) is 17.6. The molecule has 1 unspecified atom stereocenters. The molecule has 0 fully saturated rings. The number of thioether (sulfide) groups is 1. The van der Waals surface area contributed by atoms with Crippen LogP contribution in [0.1, 0.15) is 5.56 Å². The molecule has 0 saturated carbocycles. The van der Waals surface area contributed by atoms with E-state index in [1.165, 1.54) is 11.7 Å². The maximum absolute atomic E-state index is 13.2. The Labute approximate surface area is 142 Å². The fourth-order valence-corrected chi connectivity index (χ4v) is 4.37. The molecule has 0 radical (unpaired) electrons. The van der Waals surface area contributed by atoms with Crippen molar-refractivity contribution in [2.24, 2.45) is 5.92 Å². The number of aromatic nitrogens is 2. The van der Waals surface area contributed by atoms with Crippen LogP contribution < -0.4 is 11.2 Å². The second-order valence-corrected chi connectivity index (χ2v) is 6.87. The van der Waals surface area contributed by atoms with Gasteiger partial charge in [-0.05, 0) is 6.07 Å². The molecule has 1 aromatic heterocycles. The largest absolute Gasteiger partial charge is 0.417 e. The molecular formula is C14H12ClF3N2O3S. The molecule has 1 aliphatic rings. The normalized spacial score (nSPS) is 18.0. The highest BCUT2D eigenvalue weighted by atomic mass is 35.5. The molecule has 1 N–H and O–H groups in total. The number of rotatable bonds is 2. The highest BCUT2D eigenvalue weighted by Gasteiger charge is 2.36. The van der Waals surface area contributed by atoms with Crippen molar-refractivity contribution in [1.29, 1.82) is 0 Å². The van der Waals surface area contributed by atoms with Gasteiger partial charge in [0.2, 0.25) is 0 Å². The van der Waals surface area contributed by atoms with Crippen LogP contribution in [0.5, 0.6) is 0 Å². The molecule has 10 heteroatoms. The predicted molar refractivity (Wildman–Crippen MR) is 84.9 cm³/mol. The van der Waals surface area contributed by atoms with Gasteiger partial charge in [-0.25, -0.2) is 4.79 Å². The molecule has 0 aliphatic carbocycles. The maximum Gasteiger partial charge on any atom is 0.417 e. The number of H-pyrrole nitrogens is 1. The van der Waals surface area contributed by atoms with Gasteiger partial charge in [0.05, 0.1) is 33.0 Å². The Morgan fingerprint density at radius 3 is 2.79 bits per heavy atom. The topological polar surface area (TPSA) is 64.1 Å². The Morgan fingerprint density at radius 2 is 2.17 bits per heavy atom. The van der Waals surface area contributed by atoms with Crippen LogP contribution in [0.25, 0.3) is 10.9 Å². The Hall–Kier alpha value is -1.45. The van der Waals surface area contributed by atoms with Crippen molar-refractivity contribution >= 4 is 34.3 Å². The van der Waals surface area contributed by atoms with E-state index in [1.54, 1.807) is 0 Å². The molecule has 0 amide bonds. The Morgan fingerprint density at radius 1 is 1.46 bits per heavy atom. The van der Waals surface area contributed by atoms with Gasteiger partial charge in [0.25, 0.3) is 5.56 Å². The van der Waals surface area contributed by atoms with E-state index in [9.17, 15) is 22.8 Å². The van der Waals surface area contributed by atoms with Gasteiger partial charge in [0.1, 0.15) is 0 Å². The summed E-state index contributed by atoms with van der Waals surface area (Å²) in [6.45, 7) is 0.555. The molecule has 2 heterocycles. The van der Waals surface area contributed by atoms with Crippen molar-refractivity contribution in [3.05, 3.63) is 37.5 Å². The van der Waals surface area contributed by atoms with Gasteiger partial charge >= 0.3 is 11.9 Å². The van der Waals surface area contributed by atoms with Crippen molar-refractivity contribution in [2.45, 2.75) is 17.6 Å². The van der Waals surface area contributed by atoms with E-state index >= 15 is 0 Å². The number of aromatic amines is 1. The van der Waals surface area contributed by atoms with Crippen LogP contribution in [0.2, 0.25) is 5.02 Å². The summed E-state index contributed by atoms with van der Waals surface area (Å²) in [6.07, 6.45) is -4.70. The van der Waals surface area contributed by atoms with E-state index in [0.717, 1.165) is 11.8 Å². The monoisotopic (exact) mass is 380 g/mol. The van der Waals surface area contributed by atoms with Crippen LogP contribution in [0.4, 0.5) is 13.2 Å². The highest BCUT2D eigenvalue weighted by molar-refractivity contribution is 7.99. The number of nitrogens with zero attached hydrogens (tertiary/aromatic N) is 1. The Kier molecular flexibility index (Phi) is 4.43. The Balaban J connectivity index is 2.39. The summed E-state index contributed by atoms with van der Waals surface area (Å²) < 4.78 is 46.0. The first kappa shape index (κ1) is 17.4. The summed E-state index contributed by atoms with van der Waals surface area (Å²) >= 11 is 7.08. The first-order valence-corrected chi connectivity index (χ1v) is 8.28. The fraction of sp³-hybridized carbons (Fsp3) is 0.429. The molecule has 2 aromatic rings. The minimum Gasteiger partial charge on any atom is -0.384 e. The molecule has 5 nitrogen and oxygen atoms in total. The molecule has 1 atom stereocenters. The maximum atomic E-state index is 13.2. The average Bonchev–Trinajstić information content (AvgIpc) is 2.66. The number of nitrogens with one attached hydrogen (secondary N) is 1. The van der Waals surface area contributed by atoms with Gasteiger partial charge in [-0.3, -0.25) is 14.3 Å². The molecule has 1 aromatic carbocycles. The van der Waals surface area contributed by atoms with Crippen LogP contribution in [0.3, 0.4) is 0 Å². The van der Waals surface area contributed by atoms with E-state index in [1.807, 2.05) is 0 Å². The average molecular weight is 381 g/mol. The standard InChI is InChI=1S/C14H12ClF3N2O3S/c1-23-4-6-3-20-10-7(12(21)19-13(20)22)2-8(14(16,17)18)9(15)11(10)24-5-6/h2,6H,3-5H2,1H3,(H,19,21,22). The number of alkyl halides is 3. The first-order chi connectivity index (χ1) is 11.2. The van der Waals surface area contributed by atoms with Gasteiger partial charge in [-0.15, -0.1) is 11.8 Å². The summed E-state index contributed by atoms with van der Waals surface area (Å²) in [7, 11) is 1.50. The lowest BCUT2D eigenvalue weighted by atomic mass is 10.1. The molecule has 0 spiro atoms. The molecular weight excluding hydrogens is 369 g/mol. The van der Waals surface area contributed by atoms with Crippen LogP contribution in [-0.4, -0.2) is 29.0 Å². The molecule has 0 saturated heterocycles. The number of hydrogen-bond acceptors (Lipinski definition) is 4. The smallest absolute Gasteiger partial charge is 0.384 e. The SMILES string of the molecule is COCC1CSc2c(Cl)c(C(F)(F)F)cc3c(=O)[nH]c(=O)n(c23)C1. The number of methoxy groups -OCH3 is 1. The van der Waals surface area contributed by atoms with Gasteiger partial charge in [0.15, 0.2) is 0 Å².